The van der Waals surface area contributed by atoms with Gasteiger partial charge < -0.3 is 14.5 Å². The Balaban J connectivity index is 1.68. The minimum Gasteiger partial charge on any atom is -0.467 e. The van der Waals surface area contributed by atoms with Crippen molar-refractivity contribution in [2.45, 2.75) is 19.6 Å². The molecule has 0 saturated heterocycles. The third-order valence-electron chi connectivity index (χ3n) is 3.96. The summed E-state index contributed by atoms with van der Waals surface area (Å²) >= 11 is 3.33. The second-order valence-electron chi connectivity index (χ2n) is 5.90. The summed E-state index contributed by atoms with van der Waals surface area (Å²) in [5.74, 6) is -0.0654. The van der Waals surface area contributed by atoms with Gasteiger partial charge >= 0.3 is 5.97 Å². The monoisotopic (exact) mass is 427 g/mol. The summed E-state index contributed by atoms with van der Waals surface area (Å²) in [5, 5.41) is 3.15. The number of ketones is 1. The number of benzene rings is 2. The van der Waals surface area contributed by atoms with E-state index in [1.165, 1.54) is 0 Å². The third-order valence-corrected chi connectivity index (χ3v) is 4.49. The van der Waals surface area contributed by atoms with Crippen LogP contribution in [0.4, 0.5) is 5.69 Å². The van der Waals surface area contributed by atoms with Gasteiger partial charge in [-0.2, -0.15) is 0 Å². The van der Waals surface area contributed by atoms with Gasteiger partial charge in [-0.15, -0.1) is 0 Å². The molecule has 1 atom stereocenters. The molecule has 1 heterocycles. The average molecular weight is 428 g/mol. The fourth-order valence-corrected chi connectivity index (χ4v) is 2.80. The predicted octanol–water partition coefficient (Wildman–Crippen LogP) is 5.08. The summed E-state index contributed by atoms with van der Waals surface area (Å²) in [5.41, 5.74) is 1.46. The number of nitrogens with one attached hydrogen (secondary N) is 1. The van der Waals surface area contributed by atoms with Gasteiger partial charge in [0.05, 0.1) is 18.4 Å². The first-order chi connectivity index (χ1) is 13.0. The molecule has 0 spiro atoms. The van der Waals surface area contributed by atoms with Gasteiger partial charge in [-0.3, -0.25) is 4.79 Å². The van der Waals surface area contributed by atoms with Gasteiger partial charge in [0.2, 0.25) is 5.78 Å². The Hall–Kier alpha value is -2.86. The van der Waals surface area contributed by atoms with Crippen molar-refractivity contribution in [1.82, 2.24) is 0 Å². The van der Waals surface area contributed by atoms with Gasteiger partial charge in [0.15, 0.2) is 6.10 Å². The number of carbonyl (C=O) groups excluding carboxylic acids is 2. The lowest BCUT2D eigenvalue weighted by Gasteiger charge is -2.15. The van der Waals surface area contributed by atoms with Crippen molar-refractivity contribution in [3.63, 3.8) is 0 Å². The van der Waals surface area contributed by atoms with Crippen molar-refractivity contribution >= 4 is 33.4 Å². The number of rotatable bonds is 7. The van der Waals surface area contributed by atoms with E-state index in [4.69, 9.17) is 9.15 Å². The summed E-state index contributed by atoms with van der Waals surface area (Å²) in [7, 11) is 0. The fraction of sp³-hybridized carbons (Fsp3) is 0.143. The number of halogens is 1. The average Bonchev–Trinajstić information content (AvgIpc) is 3.20. The van der Waals surface area contributed by atoms with E-state index in [9.17, 15) is 9.59 Å². The highest BCUT2D eigenvalue weighted by Crippen LogP contribution is 2.19. The molecule has 3 rings (SSSR count). The van der Waals surface area contributed by atoms with E-state index in [0.29, 0.717) is 23.4 Å². The van der Waals surface area contributed by atoms with Crippen LogP contribution in [0.25, 0.3) is 0 Å². The Morgan fingerprint density at radius 2 is 1.81 bits per heavy atom. The van der Waals surface area contributed by atoms with Crippen LogP contribution in [-0.4, -0.2) is 17.9 Å². The molecule has 2 aromatic carbocycles. The first-order valence-electron chi connectivity index (χ1n) is 8.40. The van der Waals surface area contributed by atoms with Gasteiger partial charge in [-0.25, -0.2) is 4.79 Å². The van der Waals surface area contributed by atoms with Crippen molar-refractivity contribution in [1.29, 1.82) is 0 Å². The lowest BCUT2D eigenvalue weighted by molar-refractivity contribution is 0.0319. The molecule has 1 aromatic heterocycles. The molecule has 0 saturated carbocycles. The van der Waals surface area contributed by atoms with E-state index in [2.05, 4.69) is 21.2 Å². The Bertz CT molecular complexity index is 920. The Morgan fingerprint density at radius 1 is 1.07 bits per heavy atom. The van der Waals surface area contributed by atoms with E-state index < -0.39 is 12.1 Å². The summed E-state index contributed by atoms with van der Waals surface area (Å²) in [6.45, 7) is 2.01. The van der Waals surface area contributed by atoms with Crippen LogP contribution in [-0.2, 0) is 11.3 Å². The fourth-order valence-electron chi connectivity index (χ4n) is 2.54. The number of para-hydroxylation sites is 1. The van der Waals surface area contributed by atoms with E-state index in [1.54, 1.807) is 61.7 Å². The number of esters is 1. The Kier molecular flexibility index (Phi) is 6.08. The summed E-state index contributed by atoms with van der Waals surface area (Å²) < 4.78 is 11.6. The predicted molar refractivity (Wildman–Crippen MR) is 106 cm³/mol. The lowest BCUT2D eigenvalue weighted by atomic mass is 10.1. The van der Waals surface area contributed by atoms with Gasteiger partial charge in [0.1, 0.15) is 5.76 Å². The number of ether oxygens (including phenoxy) is 1. The number of Topliss-reactive ketones (excluding diaryl/α,β-unsaturated/α-hetero) is 1. The summed E-state index contributed by atoms with van der Waals surface area (Å²) in [6, 6.07) is 17.6. The number of carbonyl (C=O) groups is 2. The van der Waals surface area contributed by atoms with E-state index >= 15 is 0 Å². The van der Waals surface area contributed by atoms with Gasteiger partial charge in [0, 0.05) is 15.7 Å². The topological polar surface area (TPSA) is 68.5 Å². The maximum atomic E-state index is 12.6. The number of anilines is 1. The molecule has 0 amide bonds. The van der Waals surface area contributed by atoms with E-state index in [0.717, 1.165) is 10.2 Å². The van der Waals surface area contributed by atoms with Crippen LogP contribution < -0.4 is 5.32 Å². The number of hydrogen-bond acceptors (Lipinski definition) is 5. The molecule has 0 fully saturated rings. The maximum absolute atomic E-state index is 12.6. The Labute approximate surface area is 165 Å². The van der Waals surface area contributed by atoms with Crippen molar-refractivity contribution < 1.29 is 18.7 Å². The van der Waals surface area contributed by atoms with Crippen molar-refractivity contribution in [2.24, 2.45) is 0 Å². The standard InChI is InChI=1S/C21H18BrNO4/c1-14(20(24)15-8-10-16(22)11-9-15)27-21(25)18-6-2-3-7-19(18)23-13-17-5-4-12-26-17/h2-12,14,23H,13H2,1H3. The second-order valence-corrected chi connectivity index (χ2v) is 6.81. The quantitative estimate of drug-likeness (QED) is 0.420. The first kappa shape index (κ1) is 18.9. The zero-order valence-corrected chi connectivity index (χ0v) is 16.2. The van der Waals surface area contributed by atoms with E-state index in [1.807, 2.05) is 12.1 Å². The summed E-state index contributed by atoms with van der Waals surface area (Å²) in [4.78, 5) is 25.1. The molecule has 3 aromatic rings. The smallest absolute Gasteiger partial charge is 0.340 e. The molecule has 0 bridgehead atoms. The number of furan rings is 1. The molecule has 0 aliphatic rings. The molecule has 138 valence electrons. The largest absolute Gasteiger partial charge is 0.467 e. The highest BCUT2D eigenvalue weighted by atomic mass is 79.9. The van der Waals surface area contributed by atoms with Crippen LogP contribution in [0.3, 0.4) is 0 Å². The van der Waals surface area contributed by atoms with Gasteiger partial charge in [-0.05, 0) is 43.3 Å². The molecule has 1 unspecified atom stereocenters. The maximum Gasteiger partial charge on any atom is 0.340 e. The molecule has 27 heavy (non-hydrogen) atoms. The second kappa shape index (κ2) is 8.68. The highest BCUT2D eigenvalue weighted by molar-refractivity contribution is 9.10. The van der Waals surface area contributed by atoms with Gasteiger partial charge in [0.25, 0.3) is 0 Å². The molecule has 1 N–H and O–H groups in total. The molecule has 5 nitrogen and oxygen atoms in total. The summed E-state index contributed by atoms with van der Waals surface area (Å²) in [6.07, 6.45) is 0.698. The Morgan fingerprint density at radius 3 is 2.52 bits per heavy atom. The lowest BCUT2D eigenvalue weighted by Crippen LogP contribution is -2.25. The molecular formula is C21H18BrNO4. The normalized spacial score (nSPS) is 11.6. The zero-order valence-electron chi connectivity index (χ0n) is 14.6. The minimum absolute atomic E-state index is 0.253. The zero-order chi connectivity index (χ0) is 19.2. The molecular weight excluding hydrogens is 410 g/mol. The van der Waals surface area contributed by atoms with Crippen molar-refractivity contribution in [3.8, 4) is 0 Å². The van der Waals surface area contributed by atoms with Crippen molar-refractivity contribution in [2.75, 3.05) is 5.32 Å². The van der Waals surface area contributed by atoms with Crippen LogP contribution in [0.1, 0.15) is 33.4 Å². The SMILES string of the molecule is CC(OC(=O)c1ccccc1NCc1ccco1)C(=O)c1ccc(Br)cc1. The molecule has 0 aliphatic carbocycles. The van der Waals surface area contributed by atoms with Crippen LogP contribution in [0, 0.1) is 0 Å². The van der Waals surface area contributed by atoms with Crippen LogP contribution >= 0.6 is 15.9 Å². The molecule has 6 heteroatoms. The van der Waals surface area contributed by atoms with Gasteiger partial charge in [-0.1, -0.05) is 40.2 Å². The number of hydrogen-bond donors (Lipinski definition) is 1. The minimum atomic E-state index is -0.892. The van der Waals surface area contributed by atoms with Crippen molar-refractivity contribution in [3.05, 3.63) is 88.3 Å². The molecule has 0 radical (unpaired) electrons. The highest BCUT2D eigenvalue weighted by Gasteiger charge is 2.22. The molecule has 0 aliphatic heterocycles. The third kappa shape index (κ3) is 4.86. The van der Waals surface area contributed by atoms with Crippen LogP contribution in [0.15, 0.2) is 75.8 Å². The van der Waals surface area contributed by atoms with E-state index in [-0.39, 0.29) is 5.78 Å². The first-order valence-corrected chi connectivity index (χ1v) is 9.20. The van der Waals surface area contributed by atoms with Crippen LogP contribution in [0.5, 0.6) is 0 Å². The van der Waals surface area contributed by atoms with Crippen LogP contribution in [0.2, 0.25) is 0 Å².